The normalized spacial score (nSPS) is 14.6. The number of piperazine rings is 1. The van der Waals surface area contributed by atoms with Crippen LogP contribution in [0.4, 0.5) is 0 Å². The number of rotatable bonds is 3. The zero-order chi connectivity index (χ0) is 17.1. The van der Waals surface area contributed by atoms with Gasteiger partial charge in [0, 0.05) is 30.7 Å². The molecule has 7 heteroatoms. The number of nitrogens with zero attached hydrogens (tertiary/aromatic N) is 2. The number of hydrogen-bond acceptors (Lipinski definition) is 4. The number of benzene rings is 1. The van der Waals surface area contributed by atoms with Gasteiger partial charge in [0.2, 0.25) is 0 Å². The van der Waals surface area contributed by atoms with Gasteiger partial charge in [0.1, 0.15) is 5.75 Å². The summed E-state index contributed by atoms with van der Waals surface area (Å²) in [6.07, 6.45) is 1.48. The van der Waals surface area contributed by atoms with Crippen LogP contribution >= 0.6 is 15.9 Å². The number of carbonyl (C=O) groups is 2. The lowest BCUT2D eigenvalue weighted by Gasteiger charge is -2.34. The van der Waals surface area contributed by atoms with Gasteiger partial charge in [-0.05, 0) is 46.3 Å². The quantitative estimate of drug-likeness (QED) is 0.805. The first-order valence-corrected chi connectivity index (χ1v) is 8.35. The van der Waals surface area contributed by atoms with Crippen LogP contribution in [0.3, 0.4) is 0 Å². The molecule has 2 amide bonds. The molecule has 0 N–H and O–H groups in total. The first-order chi connectivity index (χ1) is 11.6. The summed E-state index contributed by atoms with van der Waals surface area (Å²) in [7, 11) is 1.57. The van der Waals surface area contributed by atoms with E-state index < -0.39 is 0 Å². The Morgan fingerprint density at radius 2 is 1.75 bits per heavy atom. The first kappa shape index (κ1) is 16.6. The molecule has 0 spiro atoms. The van der Waals surface area contributed by atoms with E-state index in [1.165, 1.54) is 6.26 Å². The molecule has 1 aromatic carbocycles. The van der Waals surface area contributed by atoms with Crippen LogP contribution in [0.5, 0.6) is 5.75 Å². The molecule has 1 aliphatic heterocycles. The molecule has 1 aliphatic rings. The molecule has 1 fully saturated rings. The zero-order valence-corrected chi connectivity index (χ0v) is 14.8. The van der Waals surface area contributed by atoms with Crippen molar-refractivity contribution in [3.8, 4) is 5.75 Å². The van der Waals surface area contributed by atoms with E-state index in [9.17, 15) is 9.59 Å². The van der Waals surface area contributed by atoms with Crippen molar-refractivity contribution in [1.29, 1.82) is 0 Å². The second-order valence-electron chi connectivity index (χ2n) is 5.41. The third-order valence-electron chi connectivity index (χ3n) is 3.99. The maximum absolute atomic E-state index is 12.7. The van der Waals surface area contributed by atoms with Gasteiger partial charge in [-0.25, -0.2) is 0 Å². The Morgan fingerprint density at radius 3 is 2.33 bits per heavy atom. The lowest BCUT2D eigenvalue weighted by Crippen LogP contribution is -2.50. The number of furan rings is 1. The Labute approximate surface area is 148 Å². The molecule has 0 radical (unpaired) electrons. The Hall–Kier alpha value is -2.28. The van der Waals surface area contributed by atoms with E-state index in [1.807, 2.05) is 0 Å². The standard InChI is InChI=1S/C17H17BrN2O4/c1-23-12-4-5-14(18)13(11-12)16(21)19-6-8-20(9-7-19)17(22)15-3-2-10-24-15/h2-5,10-11H,6-9H2,1H3. The topological polar surface area (TPSA) is 63.0 Å². The Kier molecular flexibility index (Phi) is 4.89. The van der Waals surface area contributed by atoms with Crippen LogP contribution in [0.25, 0.3) is 0 Å². The molecule has 0 bridgehead atoms. The molecule has 1 aromatic heterocycles. The van der Waals surface area contributed by atoms with Crippen molar-refractivity contribution in [2.75, 3.05) is 33.3 Å². The minimum absolute atomic E-state index is 0.0779. The molecule has 2 heterocycles. The largest absolute Gasteiger partial charge is 0.497 e. The second-order valence-corrected chi connectivity index (χ2v) is 6.26. The van der Waals surface area contributed by atoms with Crippen molar-refractivity contribution in [3.63, 3.8) is 0 Å². The minimum Gasteiger partial charge on any atom is -0.497 e. The summed E-state index contributed by atoms with van der Waals surface area (Å²) in [4.78, 5) is 28.4. The van der Waals surface area contributed by atoms with E-state index >= 15 is 0 Å². The molecule has 0 aliphatic carbocycles. The van der Waals surface area contributed by atoms with Gasteiger partial charge in [-0.15, -0.1) is 0 Å². The third kappa shape index (κ3) is 3.31. The highest BCUT2D eigenvalue weighted by atomic mass is 79.9. The van der Waals surface area contributed by atoms with Gasteiger partial charge in [0.15, 0.2) is 5.76 Å². The fourth-order valence-corrected chi connectivity index (χ4v) is 3.05. The Balaban J connectivity index is 1.66. The van der Waals surface area contributed by atoms with Crippen LogP contribution in [0.1, 0.15) is 20.9 Å². The molecule has 0 saturated carbocycles. The van der Waals surface area contributed by atoms with Crippen LogP contribution in [0.15, 0.2) is 45.5 Å². The van der Waals surface area contributed by atoms with E-state index in [2.05, 4.69) is 15.9 Å². The SMILES string of the molecule is COc1ccc(Br)c(C(=O)N2CCN(C(=O)c3ccco3)CC2)c1. The first-order valence-electron chi connectivity index (χ1n) is 7.55. The Morgan fingerprint density at radius 1 is 1.08 bits per heavy atom. The van der Waals surface area contributed by atoms with Crippen molar-refractivity contribution < 1.29 is 18.7 Å². The molecule has 1 saturated heterocycles. The predicted molar refractivity (Wildman–Crippen MR) is 91.2 cm³/mol. The van der Waals surface area contributed by atoms with Gasteiger partial charge in [-0.1, -0.05) is 0 Å². The van der Waals surface area contributed by atoms with Crippen LogP contribution in [0, 0.1) is 0 Å². The fraction of sp³-hybridized carbons (Fsp3) is 0.294. The van der Waals surface area contributed by atoms with Gasteiger partial charge < -0.3 is 19.0 Å². The summed E-state index contributed by atoms with van der Waals surface area (Å²) in [5.41, 5.74) is 0.556. The lowest BCUT2D eigenvalue weighted by molar-refractivity contribution is 0.0517. The van der Waals surface area contributed by atoms with Crippen LogP contribution < -0.4 is 4.74 Å². The maximum atomic E-state index is 12.7. The summed E-state index contributed by atoms with van der Waals surface area (Å²) >= 11 is 3.41. The summed E-state index contributed by atoms with van der Waals surface area (Å²) in [6.45, 7) is 1.92. The van der Waals surface area contributed by atoms with Crippen molar-refractivity contribution in [2.24, 2.45) is 0 Å². The van der Waals surface area contributed by atoms with Crippen molar-refractivity contribution in [1.82, 2.24) is 9.80 Å². The molecule has 6 nitrogen and oxygen atoms in total. The number of amides is 2. The molecule has 0 atom stereocenters. The Bertz CT molecular complexity index is 737. The highest BCUT2D eigenvalue weighted by Gasteiger charge is 2.27. The van der Waals surface area contributed by atoms with E-state index in [4.69, 9.17) is 9.15 Å². The van der Waals surface area contributed by atoms with Gasteiger partial charge in [-0.2, -0.15) is 0 Å². The van der Waals surface area contributed by atoms with Crippen LogP contribution in [-0.4, -0.2) is 54.9 Å². The predicted octanol–water partition coefficient (Wildman–Crippen LogP) is 2.65. The molecule has 126 valence electrons. The molecule has 2 aromatic rings. The van der Waals surface area contributed by atoms with E-state index in [-0.39, 0.29) is 11.8 Å². The summed E-state index contributed by atoms with van der Waals surface area (Å²) in [6, 6.07) is 8.64. The average molecular weight is 393 g/mol. The number of methoxy groups -OCH3 is 1. The van der Waals surface area contributed by atoms with Crippen molar-refractivity contribution in [3.05, 3.63) is 52.4 Å². The molecule has 24 heavy (non-hydrogen) atoms. The number of hydrogen-bond donors (Lipinski definition) is 0. The molecule has 0 unspecified atom stereocenters. The summed E-state index contributed by atoms with van der Waals surface area (Å²) < 4.78 is 11.0. The van der Waals surface area contributed by atoms with Gasteiger partial charge in [-0.3, -0.25) is 9.59 Å². The number of carbonyl (C=O) groups excluding carboxylic acids is 2. The summed E-state index contributed by atoms with van der Waals surface area (Å²) in [5, 5.41) is 0. The van der Waals surface area contributed by atoms with Crippen molar-refractivity contribution >= 4 is 27.7 Å². The fourth-order valence-electron chi connectivity index (χ4n) is 2.63. The highest BCUT2D eigenvalue weighted by Crippen LogP contribution is 2.24. The zero-order valence-electron chi connectivity index (χ0n) is 13.2. The maximum Gasteiger partial charge on any atom is 0.289 e. The van der Waals surface area contributed by atoms with Crippen molar-refractivity contribution in [2.45, 2.75) is 0 Å². The van der Waals surface area contributed by atoms with Crippen LogP contribution in [-0.2, 0) is 0 Å². The van der Waals surface area contributed by atoms with E-state index in [0.717, 1.165) is 4.47 Å². The van der Waals surface area contributed by atoms with Gasteiger partial charge >= 0.3 is 0 Å². The smallest absolute Gasteiger partial charge is 0.289 e. The van der Waals surface area contributed by atoms with Crippen LogP contribution in [0.2, 0.25) is 0 Å². The molecular weight excluding hydrogens is 376 g/mol. The van der Waals surface area contributed by atoms with E-state index in [1.54, 1.807) is 47.2 Å². The minimum atomic E-state index is -0.144. The monoisotopic (exact) mass is 392 g/mol. The summed E-state index contributed by atoms with van der Waals surface area (Å²) in [5.74, 6) is 0.735. The second kappa shape index (κ2) is 7.09. The third-order valence-corrected chi connectivity index (χ3v) is 4.68. The lowest BCUT2D eigenvalue weighted by atomic mass is 10.1. The van der Waals surface area contributed by atoms with Gasteiger partial charge in [0.25, 0.3) is 11.8 Å². The van der Waals surface area contributed by atoms with E-state index in [0.29, 0.717) is 43.3 Å². The number of halogens is 1. The average Bonchev–Trinajstić information content (AvgIpc) is 3.16. The molecule has 3 rings (SSSR count). The number of ether oxygens (including phenoxy) is 1. The van der Waals surface area contributed by atoms with Gasteiger partial charge in [0.05, 0.1) is 18.9 Å². The molecular formula is C17H17BrN2O4. The highest BCUT2D eigenvalue weighted by molar-refractivity contribution is 9.10.